The lowest BCUT2D eigenvalue weighted by Crippen LogP contribution is -2.51. The summed E-state index contributed by atoms with van der Waals surface area (Å²) in [6, 6.07) is 66.1. The summed E-state index contributed by atoms with van der Waals surface area (Å²) in [7, 11) is 5.09. The van der Waals surface area contributed by atoms with Crippen LogP contribution in [0.3, 0.4) is 0 Å². The van der Waals surface area contributed by atoms with Gasteiger partial charge in [0.2, 0.25) is 42.1 Å². The second-order valence-electron chi connectivity index (χ2n) is 26.5. The molecule has 9 aromatic rings. The van der Waals surface area contributed by atoms with Gasteiger partial charge in [-0.25, -0.2) is 15.0 Å². The fourth-order valence-corrected chi connectivity index (χ4v) is 13.1. The first-order valence-corrected chi connectivity index (χ1v) is 37.4. The number of halogens is 6. The Morgan fingerprint density at radius 2 is 0.791 bits per heavy atom. The Bertz CT molecular complexity index is 4970. The lowest BCUT2D eigenvalue weighted by molar-refractivity contribution is -0.140. The first kappa shape index (κ1) is 82.0. The number of rotatable bonds is 22. The predicted molar refractivity (Wildman–Crippen MR) is 436 cm³/mol. The van der Waals surface area contributed by atoms with Gasteiger partial charge in [0.25, 0.3) is 17.7 Å². The lowest BCUT2D eigenvalue weighted by atomic mass is 10.00. The molecule has 5 N–H and O–H groups in total. The molecular weight excluding hydrogens is 1520 g/mol. The number of esters is 1. The number of benzodiazepines with no additional fused rings is 3. The van der Waals surface area contributed by atoms with Crippen molar-refractivity contribution >= 4 is 151 Å². The standard InChI is InChI=1S/C31H33Cl2N5O3.C28H25Cl2N3O4.C25H21Cl2N3O2/c1-20(17-21-13-14-24(32)25(33)18-21)30(40)36-29-31(41)38(19-27(39)34-15-16-37(2)3)26-12-8-7-11-23(26)28(35-29)22-9-5-4-6-10-22;1-17(14-18-12-13-21(29)22(30)15-18)27(35)32-26-28(36)33(16-24(34)37-2)23-11-7-6-10-20(23)25(31-26)19-8-4-3-5-9-19;1-15(13-16-11-12-19(26)20(27)14-16)24(31)30-23-25(32)28-21-10-6-5-9-18(21)22(29-23)17-7-3-2-4-8-17/h4-14,18,20,29H,15-17,19H2,1-3H3,(H,34,39)(H,36,40);3-13,15,17,26H,14,16H2,1-2H3,(H,32,35);2-12,14-15,23H,13H2,1H3,(H,28,32)(H,30,31)/t20-,29?;17-,26?;15-,23?/m000/s1. The minimum absolute atomic E-state index is 0.216. The molecule has 20 nitrogen and oxygen atoms in total. The molecule has 0 fully saturated rings. The van der Waals surface area contributed by atoms with Crippen molar-refractivity contribution in [1.82, 2.24) is 26.2 Å². The van der Waals surface area contributed by atoms with Crippen LogP contribution in [0.2, 0.25) is 30.1 Å². The van der Waals surface area contributed by atoms with Crippen molar-refractivity contribution in [1.29, 1.82) is 0 Å². The molecule has 12 rings (SSSR count). The van der Waals surface area contributed by atoms with E-state index in [1.807, 2.05) is 177 Å². The normalized spacial score (nSPS) is 15.8. The number of fused-ring (bicyclic) bond motifs is 3. The number of methoxy groups -OCH3 is 1. The van der Waals surface area contributed by atoms with E-state index in [1.165, 1.54) is 16.9 Å². The van der Waals surface area contributed by atoms with Gasteiger partial charge in [0.05, 0.1) is 71.4 Å². The summed E-state index contributed by atoms with van der Waals surface area (Å²) < 4.78 is 4.83. The summed E-state index contributed by atoms with van der Waals surface area (Å²) >= 11 is 36.4. The highest BCUT2D eigenvalue weighted by Crippen LogP contribution is 2.33. The molecule has 26 heteroatoms. The van der Waals surface area contributed by atoms with Crippen LogP contribution in [0.25, 0.3) is 0 Å². The number of nitrogens with one attached hydrogen (secondary N) is 5. The van der Waals surface area contributed by atoms with Crippen molar-refractivity contribution in [2.45, 2.75) is 58.5 Å². The molecular formula is C84H79Cl6N11O9. The number of carbonyl (C=O) groups excluding carboxylic acids is 8. The van der Waals surface area contributed by atoms with Crippen molar-refractivity contribution < 1.29 is 43.1 Å². The summed E-state index contributed by atoms with van der Waals surface area (Å²) in [5.41, 5.74) is 10.5. The Kier molecular flexibility index (Phi) is 28.8. The van der Waals surface area contributed by atoms with Gasteiger partial charge in [-0.2, -0.15) is 0 Å². The lowest BCUT2D eigenvalue weighted by Gasteiger charge is -2.25. The quantitative estimate of drug-likeness (QED) is 0.0401. The molecule has 3 aliphatic rings. The Morgan fingerprint density at radius 1 is 0.445 bits per heavy atom. The van der Waals surface area contributed by atoms with Gasteiger partial charge in [0.15, 0.2) is 0 Å². The number of aliphatic imine (C=N–C) groups is 3. The van der Waals surface area contributed by atoms with Crippen LogP contribution in [0.15, 0.2) is 233 Å². The van der Waals surface area contributed by atoms with Gasteiger partial charge >= 0.3 is 5.97 Å². The third-order valence-corrected chi connectivity index (χ3v) is 20.2. The molecule has 0 spiro atoms. The second-order valence-corrected chi connectivity index (χ2v) is 28.9. The summed E-state index contributed by atoms with van der Waals surface area (Å²) in [6.45, 7) is 5.87. The topological polar surface area (TPSA) is 253 Å². The van der Waals surface area contributed by atoms with Crippen molar-refractivity contribution in [2.75, 3.05) is 62.5 Å². The van der Waals surface area contributed by atoms with Crippen LogP contribution in [0.4, 0.5) is 17.1 Å². The zero-order chi connectivity index (χ0) is 78.7. The Balaban J connectivity index is 0.000000177. The van der Waals surface area contributed by atoms with Crippen LogP contribution >= 0.6 is 69.6 Å². The molecule has 9 aromatic carbocycles. The third kappa shape index (κ3) is 21.5. The van der Waals surface area contributed by atoms with Crippen molar-refractivity contribution in [3.05, 3.63) is 299 Å². The number of carbonyl (C=O) groups is 8. The maximum atomic E-state index is 14.0. The summed E-state index contributed by atoms with van der Waals surface area (Å²) in [5, 5.41) is 16.7. The minimum atomic E-state index is -1.25. The molecule has 0 radical (unpaired) electrons. The van der Waals surface area contributed by atoms with Gasteiger partial charge in [0, 0.05) is 64.2 Å². The van der Waals surface area contributed by atoms with E-state index >= 15 is 0 Å². The number of benzene rings is 9. The first-order chi connectivity index (χ1) is 52.8. The molecule has 0 saturated heterocycles. The number of likely N-dealkylation sites (N-methyl/N-ethyl adjacent to an activating group) is 1. The van der Waals surface area contributed by atoms with Crippen LogP contribution in [0.1, 0.15) is 70.8 Å². The number of amides is 7. The Morgan fingerprint density at radius 3 is 1.18 bits per heavy atom. The van der Waals surface area contributed by atoms with E-state index in [2.05, 4.69) is 31.6 Å². The Hall–Kier alpha value is -10.6. The smallest absolute Gasteiger partial charge is 0.325 e. The molecule has 0 aliphatic carbocycles. The number of anilines is 3. The SMILES string of the molecule is COC(=O)CN1C(=O)C(NC(=O)[C@@H](C)Cc2ccc(Cl)c(Cl)c2)N=C(c2ccccc2)c2ccccc21.C[C@@H](Cc1ccc(Cl)c(Cl)c1)C(=O)NC1N=C(c2ccccc2)c2ccccc2N(CC(=O)NCCN(C)C)C1=O.C[C@@H](Cc1ccc(Cl)c(Cl)c1)C(=O)NC1N=C(c2ccccc2)c2ccccc2NC1=O. The minimum Gasteiger partial charge on any atom is -0.468 e. The predicted octanol–water partition coefficient (Wildman–Crippen LogP) is 14.0. The molecule has 0 bridgehead atoms. The number of para-hydroxylation sites is 3. The molecule has 3 aliphatic heterocycles. The van der Waals surface area contributed by atoms with E-state index in [4.69, 9.17) is 84.3 Å². The van der Waals surface area contributed by atoms with Crippen LogP contribution < -0.4 is 36.4 Å². The Labute approximate surface area is 668 Å². The van der Waals surface area contributed by atoms with Gasteiger partial charge in [-0.1, -0.05) is 254 Å². The highest BCUT2D eigenvalue weighted by atomic mass is 35.5. The van der Waals surface area contributed by atoms with E-state index in [0.717, 1.165) is 38.9 Å². The van der Waals surface area contributed by atoms with Gasteiger partial charge < -0.3 is 36.2 Å². The third-order valence-electron chi connectivity index (χ3n) is 18.0. The zero-order valence-corrected chi connectivity index (χ0v) is 65.4. The van der Waals surface area contributed by atoms with Crippen LogP contribution in [-0.2, 0) is 62.4 Å². The molecule has 3 heterocycles. The van der Waals surface area contributed by atoms with Crippen LogP contribution in [-0.4, -0.2) is 135 Å². The molecule has 7 amide bonds. The highest BCUT2D eigenvalue weighted by Gasteiger charge is 2.38. The molecule has 110 heavy (non-hydrogen) atoms. The van der Waals surface area contributed by atoms with Gasteiger partial charge in [-0.05, 0) is 105 Å². The number of ether oxygens (including phenoxy) is 1. The number of hydrogen-bond acceptors (Lipinski definition) is 13. The first-order valence-electron chi connectivity index (χ1n) is 35.2. The van der Waals surface area contributed by atoms with E-state index in [-0.39, 0.29) is 36.7 Å². The summed E-state index contributed by atoms with van der Waals surface area (Å²) in [6.07, 6.45) is -2.33. The zero-order valence-electron chi connectivity index (χ0n) is 60.8. The number of hydrogen-bond donors (Lipinski definition) is 5. The van der Waals surface area contributed by atoms with Crippen molar-refractivity contribution in [3.8, 4) is 0 Å². The summed E-state index contributed by atoms with van der Waals surface area (Å²) in [4.78, 5) is 124. The fourth-order valence-electron chi connectivity index (χ4n) is 12.2. The van der Waals surface area contributed by atoms with Gasteiger partial charge in [-0.15, -0.1) is 0 Å². The second kappa shape index (κ2) is 38.7. The van der Waals surface area contributed by atoms with Crippen LogP contribution in [0, 0.1) is 17.8 Å². The molecule has 0 aromatic heterocycles. The average Bonchev–Trinajstić information content (AvgIpc) is 1.63. The van der Waals surface area contributed by atoms with E-state index in [1.54, 1.807) is 81.4 Å². The summed E-state index contributed by atoms with van der Waals surface area (Å²) in [5.74, 6) is -4.74. The van der Waals surface area contributed by atoms with E-state index < -0.39 is 59.9 Å². The molecule has 6 atom stereocenters. The molecule has 0 saturated carbocycles. The molecule has 566 valence electrons. The maximum absolute atomic E-state index is 14.0. The van der Waals surface area contributed by atoms with E-state index in [0.29, 0.717) is 108 Å². The van der Waals surface area contributed by atoms with Crippen molar-refractivity contribution in [2.24, 2.45) is 32.7 Å². The van der Waals surface area contributed by atoms with Crippen LogP contribution in [0.5, 0.6) is 0 Å². The van der Waals surface area contributed by atoms with Gasteiger partial charge in [-0.3, -0.25) is 48.2 Å². The fraction of sp³-hybridized carbons (Fsp3) is 0.226. The maximum Gasteiger partial charge on any atom is 0.325 e. The van der Waals surface area contributed by atoms with E-state index in [9.17, 15) is 38.4 Å². The monoisotopic (exact) mass is 1600 g/mol. The van der Waals surface area contributed by atoms with Gasteiger partial charge in [0.1, 0.15) is 13.1 Å². The van der Waals surface area contributed by atoms with Crippen molar-refractivity contribution in [3.63, 3.8) is 0 Å². The largest absolute Gasteiger partial charge is 0.468 e. The molecule has 3 unspecified atom stereocenters. The number of nitrogens with zero attached hydrogens (tertiary/aromatic N) is 6. The highest BCUT2D eigenvalue weighted by molar-refractivity contribution is 6.43. The average molecular weight is 1600 g/mol.